The van der Waals surface area contributed by atoms with Crippen LogP contribution in [-0.4, -0.2) is 11.1 Å². The van der Waals surface area contributed by atoms with E-state index in [0.717, 1.165) is 6.07 Å². The van der Waals surface area contributed by atoms with E-state index < -0.39 is 18.6 Å². The minimum Gasteiger partial charge on any atom is -0.479 e. The third kappa shape index (κ3) is 2.74. The van der Waals surface area contributed by atoms with Crippen molar-refractivity contribution in [2.24, 2.45) is 0 Å². The molecule has 0 amide bonds. The molecule has 0 spiro atoms. The van der Waals surface area contributed by atoms with Crippen LogP contribution in [-0.2, 0) is 11.2 Å². The fourth-order valence-corrected chi connectivity index (χ4v) is 1.36. The molecular weight excluding hydrogens is 221 g/mol. The molecule has 0 fully saturated rings. The number of carboxylic acid groups (broad SMARTS) is 1. The first kappa shape index (κ1) is 12.5. The first-order valence-corrected chi connectivity index (χ1v) is 4.74. The molecule has 1 unspecified atom stereocenters. The summed E-state index contributed by atoms with van der Waals surface area (Å²) in [5, 5.41) is 8.47. The molecule has 0 radical (unpaired) electrons. The van der Waals surface area contributed by atoms with Crippen molar-refractivity contribution in [3.63, 3.8) is 0 Å². The van der Waals surface area contributed by atoms with Gasteiger partial charge in [0.2, 0.25) is 6.17 Å². The fourth-order valence-electron chi connectivity index (χ4n) is 1.36. The number of hydrogen-bond donors (Lipinski definition) is 1. The van der Waals surface area contributed by atoms with Crippen LogP contribution in [0, 0.1) is 0 Å². The zero-order valence-electron chi connectivity index (χ0n) is 8.58. The second-order valence-electron chi connectivity index (χ2n) is 3.36. The van der Waals surface area contributed by atoms with Crippen LogP contribution in [0.25, 0.3) is 0 Å². The number of rotatable bonds is 4. The number of carboxylic acids is 1. The highest BCUT2D eigenvalue weighted by atomic mass is 19.3. The topological polar surface area (TPSA) is 37.3 Å². The lowest BCUT2D eigenvalue weighted by Crippen LogP contribution is -2.07. The first-order chi connectivity index (χ1) is 7.45. The molecule has 0 aliphatic carbocycles. The zero-order valence-corrected chi connectivity index (χ0v) is 8.58. The molecule has 1 aromatic rings. The Kier molecular flexibility index (Phi) is 3.93. The second kappa shape index (κ2) is 5.01. The largest absolute Gasteiger partial charge is 0.479 e. The van der Waals surface area contributed by atoms with Crippen LogP contribution in [0.5, 0.6) is 0 Å². The molecule has 0 aliphatic heterocycles. The minimum atomic E-state index is -2.73. The Morgan fingerprint density at radius 1 is 1.25 bits per heavy atom. The van der Waals surface area contributed by atoms with Crippen LogP contribution >= 0.6 is 0 Å². The quantitative estimate of drug-likeness (QED) is 0.864. The summed E-state index contributed by atoms with van der Waals surface area (Å²) in [6.45, 7) is 1.72. The van der Waals surface area contributed by atoms with E-state index in [1.807, 2.05) is 0 Å². The van der Waals surface area contributed by atoms with E-state index in [2.05, 4.69) is 0 Å². The molecule has 1 atom stereocenters. The summed E-state index contributed by atoms with van der Waals surface area (Å²) in [5.41, 5.74) is -0.0860. The number of carbonyl (C=O) groups is 1. The molecule has 88 valence electrons. The summed E-state index contributed by atoms with van der Waals surface area (Å²) in [4.78, 5) is 10.4. The SMILES string of the molecule is CCc1cc(C(F)F)cc(C(F)C(=O)O)c1. The summed E-state index contributed by atoms with van der Waals surface area (Å²) < 4.78 is 38.1. The van der Waals surface area contributed by atoms with E-state index in [0.29, 0.717) is 12.0 Å². The third-order valence-corrected chi connectivity index (χ3v) is 2.21. The smallest absolute Gasteiger partial charge is 0.343 e. The Bertz CT molecular complexity index is 391. The molecule has 1 rings (SSSR count). The van der Waals surface area contributed by atoms with Crippen molar-refractivity contribution < 1.29 is 23.1 Å². The van der Waals surface area contributed by atoms with Crippen LogP contribution in [0.1, 0.15) is 36.2 Å². The average molecular weight is 232 g/mol. The van der Waals surface area contributed by atoms with E-state index >= 15 is 0 Å². The highest BCUT2D eigenvalue weighted by Gasteiger charge is 2.21. The van der Waals surface area contributed by atoms with E-state index in [-0.39, 0.29) is 11.1 Å². The monoisotopic (exact) mass is 232 g/mol. The molecule has 0 saturated carbocycles. The highest BCUT2D eigenvalue weighted by Crippen LogP contribution is 2.26. The lowest BCUT2D eigenvalue weighted by Gasteiger charge is -2.09. The zero-order chi connectivity index (χ0) is 12.3. The molecule has 5 heteroatoms. The lowest BCUT2D eigenvalue weighted by atomic mass is 10.0. The van der Waals surface area contributed by atoms with Crippen LogP contribution < -0.4 is 0 Å². The summed E-state index contributed by atoms with van der Waals surface area (Å²) >= 11 is 0. The Balaban J connectivity index is 3.18. The molecule has 2 nitrogen and oxygen atoms in total. The van der Waals surface area contributed by atoms with E-state index in [1.54, 1.807) is 6.92 Å². The van der Waals surface area contributed by atoms with Crippen molar-refractivity contribution in [2.45, 2.75) is 25.9 Å². The van der Waals surface area contributed by atoms with Crippen molar-refractivity contribution in [2.75, 3.05) is 0 Å². The van der Waals surface area contributed by atoms with Gasteiger partial charge in [0.25, 0.3) is 6.43 Å². The van der Waals surface area contributed by atoms with Crippen molar-refractivity contribution in [3.05, 3.63) is 34.9 Å². The van der Waals surface area contributed by atoms with Crippen molar-refractivity contribution >= 4 is 5.97 Å². The average Bonchev–Trinajstić information content (AvgIpc) is 2.27. The first-order valence-electron chi connectivity index (χ1n) is 4.74. The molecule has 1 aromatic carbocycles. The molecule has 16 heavy (non-hydrogen) atoms. The summed E-state index contributed by atoms with van der Waals surface area (Å²) in [7, 11) is 0. The Labute approximate surface area is 90.7 Å². The standard InChI is InChI=1S/C11H11F3O2/c1-2-6-3-7(9(12)11(15)16)5-8(4-6)10(13)14/h3-5,9-10H,2H2,1H3,(H,15,16). The van der Waals surface area contributed by atoms with E-state index in [9.17, 15) is 18.0 Å². The van der Waals surface area contributed by atoms with Crippen LogP contribution in [0.15, 0.2) is 18.2 Å². The molecule has 0 aromatic heterocycles. The van der Waals surface area contributed by atoms with Crippen molar-refractivity contribution in [3.8, 4) is 0 Å². The van der Waals surface area contributed by atoms with Gasteiger partial charge in [0.05, 0.1) is 0 Å². The number of halogens is 3. The molecule has 0 heterocycles. The Hall–Kier alpha value is -1.52. The number of hydrogen-bond acceptors (Lipinski definition) is 1. The molecule has 0 bridgehead atoms. The van der Waals surface area contributed by atoms with E-state index in [4.69, 9.17) is 5.11 Å². The van der Waals surface area contributed by atoms with Gasteiger partial charge in [-0.3, -0.25) is 0 Å². The summed E-state index contributed by atoms with van der Waals surface area (Å²) in [6, 6.07) is 3.44. The third-order valence-electron chi connectivity index (χ3n) is 2.21. The second-order valence-corrected chi connectivity index (χ2v) is 3.36. The van der Waals surface area contributed by atoms with Gasteiger partial charge in [-0.05, 0) is 23.6 Å². The Morgan fingerprint density at radius 2 is 1.81 bits per heavy atom. The van der Waals surface area contributed by atoms with Gasteiger partial charge in [-0.15, -0.1) is 0 Å². The summed E-state index contributed by atoms with van der Waals surface area (Å²) in [5.74, 6) is -1.67. The number of aryl methyl sites for hydroxylation is 1. The van der Waals surface area contributed by atoms with Gasteiger partial charge in [-0.25, -0.2) is 18.0 Å². The van der Waals surface area contributed by atoms with Gasteiger partial charge in [0, 0.05) is 5.56 Å². The Morgan fingerprint density at radius 3 is 2.25 bits per heavy atom. The highest BCUT2D eigenvalue weighted by molar-refractivity contribution is 5.74. The van der Waals surface area contributed by atoms with Gasteiger partial charge in [0.15, 0.2) is 0 Å². The van der Waals surface area contributed by atoms with Crippen LogP contribution in [0.4, 0.5) is 13.2 Å². The van der Waals surface area contributed by atoms with Gasteiger partial charge >= 0.3 is 5.97 Å². The number of aliphatic carboxylic acids is 1. The lowest BCUT2D eigenvalue weighted by molar-refractivity contribution is -0.143. The van der Waals surface area contributed by atoms with Crippen LogP contribution in [0.2, 0.25) is 0 Å². The van der Waals surface area contributed by atoms with Crippen LogP contribution in [0.3, 0.4) is 0 Å². The van der Waals surface area contributed by atoms with Gasteiger partial charge in [-0.2, -0.15) is 0 Å². The molecule has 0 saturated heterocycles. The maximum atomic E-state index is 13.2. The van der Waals surface area contributed by atoms with Crippen molar-refractivity contribution in [1.82, 2.24) is 0 Å². The fraction of sp³-hybridized carbons (Fsp3) is 0.364. The van der Waals surface area contributed by atoms with Gasteiger partial charge in [-0.1, -0.05) is 19.1 Å². The molecule has 1 N–H and O–H groups in total. The molecular formula is C11H11F3O2. The number of benzene rings is 1. The number of alkyl halides is 3. The van der Waals surface area contributed by atoms with E-state index in [1.165, 1.54) is 12.1 Å². The van der Waals surface area contributed by atoms with Gasteiger partial charge < -0.3 is 5.11 Å². The predicted molar refractivity (Wildman–Crippen MR) is 52.3 cm³/mol. The maximum Gasteiger partial charge on any atom is 0.343 e. The van der Waals surface area contributed by atoms with Crippen molar-refractivity contribution in [1.29, 1.82) is 0 Å². The predicted octanol–water partition coefficient (Wildman–Crippen LogP) is 3.28. The summed E-state index contributed by atoms with van der Waals surface area (Å²) in [6.07, 6.45) is -4.55. The van der Waals surface area contributed by atoms with Gasteiger partial charge in [0.1, 0.15) is 0 Å². The minimum absolute atomic E-state index is 0.234. The maximum absolute atomic E-state index is 13.2. The molecule has 0 aliphatic rings. The normalized spacial score (nSPS) is 12.8.